The molecule has 2 N–H and O–H groups in total. The van der Waals surface area contributed by atoms with E-state index >= 15 is 0 Å². The Labute approximate surface area is 202 Å². The summed E-state index contributed by atoms with van der Waals surface area (Å²) in [5, 5.41) is 22.9. The smallest absolute Gasteiger partial charge is 0.321 e. The molecule has 9 heteroatoms. The zero-order valence-corrected chi connectivity index (χ0v) is 19.7. The van der Waals surface area contributed by atoms with Gasteiger partial charge in [-0.1, -0.05) is 29.4 Å². The van der Waals surface area contributed by atoms with Gasteiger partial charge in [0.05, 0.1) is 12.2 Å². The van der Waals surface area contributed by atoms with Crippen LogP contribution in [-0.4, -0.2) is 50.3 Å². The molecule has 1 fully saturated rings. The van der Waals surface area contributed by atoms with E-state index in [2.05, 4.69) is 35.0 Å². The van der Waals surface area contributed by atoms with E-state index in [-0.39, 0.29) is 18.4 Å². The van der Waals surface area contributed by atoms with Crippen LogP contribution in [0.2, 0.25) is 0 Å². The Morgan fingerprint density at radius 1 is 1.00 bits per heavy atom. The minimum absolute atomic E-state index is 0.0901. The quantitative estimate of drug-likeness (QED) is 0.508. The van der Waals surface area contributed by atoms with Gasteiger partial charge < -0.3 is 19.5 Å². The zero-order valence-electron chi connectivity index (χ0n) is 19.7. The molecule has 0 aliphatic carbocycles. The molecule has 0 bridgehead atoms. The zero-order chi connectivity index (χ0) is 24.8. The Balaban J connectivity index is 1.25. The summed E-state index contributed by atoms with van der Waals surface area (Å²) >= 11 is 0. The summed E-state index contributed by atoms with van der Waals surface area (Å²) in [4.78, 5) is 29.6. The van der Waals surface area contributed by atoms with Crippen molar-refractivity contribution < 1.29 is 29.1 Å². The van der Waals surface area contributed by atoms with Crippen LogP contribution in [0.5, 0.6) is 0 Å². The molecular weight excluding hydrogens is 450 g/mol. The Kier molecular flexibility index (Phi) is 5.69. The third-order valence-electron chi connectivity index (χ3n) is 7.16. The fraction of sp³-hybridized carbons (Fsp3) is 0.385. The van der Waals surface area contributed by atoms with Crippen LogP contribution in [-0.2, 0) is 33.1 Å². The minimum atomic E-state index is -1.68. The topological polar surface area (TPSA) is 126 Å². The molecule has 0 saturated carbocycles. The Bertz CT molecular complexity index is 1260. The maximum atomic E-state index is 11.5. The Hall–Kier alpha value is -3.56. The van der Waals surface area contributed by atoms with Gasteiger partial charge in [0, 0.05) is 30.8 Å². The SMILES string of the molecule is CC1(C)OCc2cc(-c3noc(-c4ccc(CN5CCC(C(=O)O)(C(=O)O)CC5)cc4)n3)ccc21. The van der Waals surface area contributed by atoms with Gasteiger partial charge in [-0.25, -0.2) is 0 Å². The molecular formula is C26H27N3O6. The summed E-state index contributed by atoms with van der Waals surface area (Å²) in [5.74, 6) is -1.57. The molecule has 182 valence electrons. The second-order valence-electron chi connectivity index (χ2n) is 9.76. The van der Waals surface area contributed by atoms with Gasteiger partial charge in [-0.2, -0.15) is 4.98 Å². The molecule has 1 saturated heterocycles. The second kappa shape index (κ2) is 8.58. The lowest BCUT2D eigenvalue weighted by atomic mass is 9.78. The summed E-state index contributed by atoms with van der Waals surface area (Å²) < 4.78 is 11.4. The highest BCUT2D eigenvalue weighted by molar-refractivity contribution is 5.98. The molecule has 0 unspecified atom stereocenters. The molecule has 2 aliphatic heterocycles. The van der Waals surface area contributed by atoms with Gasteiger partial charge in [-0.05, 0) is 61.6 Å². The van der Waals surface area contributed by atoms with E-state index < -0.39 is 17.4 Å². The molecule has 5 rings (SSSR count). The highest BCUT2D eigenvalue weighted by Gasteiger charge is 2.48. The van der Waals surface area contributed by atoms with Crippen molar-refractivity contribution in [2.24, 2.45) is 5.41 Å². The monoisotopic (exact) mass is 477 g/mol. The van der Waals surface area contributed by atoms with E-state index in [0.717, 1.165) is 22.3 Å². The van der Waals surface area contributed by atoms with Crippen LogP contribution in [0, 0.1) is 5.41 Å². The largest absolute Gasteiger partial charge is 0.480 e. The molecule has 35 heavy (non-hydrogen) atoms. The first-order valence-electron chi connectivity index (χ1n) is 11.6. The molecule has 0 amide bonds. The normalized spacial score (nSPS) is 18.8. The molecule has 0 spiro atoms. The molecule has 9 nitrogen and oxygen atoms in total. The number of carboxylic acids is 2. The van der Waals surface area contributed by atoms with Gasteiger partial charge in [0.2, 0.25) is 5.82 Å². The summed E-state index contributed by atoms with van der Waals surface area (Å²) in [7, 11) is 0. The van der Waals surface area contributed by atoms with Gasteiger partial charge in [-0.15, -0.1) is 0 Å². The van der Waals surface area contributed by atoms with Crippen molar-refractivity contribution in [3.05, 3.63) is 59.2 Å². The van der Waals surface area contributed by atoms with Crippen LogP contribution < -0.4 is 0 Å². The van der Waals surface area contributed by atoms with Crippen LogP contribution in [0.3, 0.4) is 0 Å². The summed E-state index contributed by atoms with van der Waals surface area (Å²) in [6, 6.07) is 13.8. The summed E-state index contributed by atoms with van der Waals surface area (Å²) in [6.07, 6.45) is 0.180. The molecule has 0 radical (unpaired) electrons. The lowest BCUT2D eigenvalue weighted by molar-refractivity contribution is -0.168. The Morgan fingerprint density at radius 3 is 2.31 bits per heavy atom. The molecule has 1 aromatic heterocycles. The number of nitrogens with zero attached hydrogens (tertiary/aromatic N) is 3. The van der Waals surface area contributed by atoms with Gasteiger partial charge in [0.15, 0.2) is 5.41 Å². The molecule has 3 aromatic rings. The average molecular weight is 478 g/mol. The van der Waals surface area contributed by atoms with Crippen LogP contribution >= 0.6 is 0 Å². The first kappa shape index (κ1) is 23.2. The standard InChI is InChI=1S/C26H27N3O6/c1-25(2)20-8-7-18(13-19(20)15-34-25)21-27-22(35-28-21)17-5-3-16(4-6-17)14-29-11-9-26(10-12-29,23(30)31)24(32)33/h3-8,13H,9-12,14-15H2,1-2H3,(H,30,31)(H,32,33). The van der Waals surface area contributed by atoms with Crippen molar-refractivity contribution in [3.63, 3.8) is 0 Å². The maximum Gasteiger partial charge on any atom is 0.321 e. The van der Waals surface area contributed by atoms with E-state index in [1.807, 2.05) is 36.4 Å². The van der Waals surface area contributed by atoms with Crippen LogP contribution in [0.25, 0.3) is 22.8 Å². The second-order valence-corrected chi connectivity index (χ2v) is 9.76. The summed E-state index contributed by atoms with van der Waals surface area (Å²) in [6.45, 7) is 6.11. The fourth-order valence-electron chi connectivity index (χ4n) is 4.86. The summed E-state index contributed by atoms with van der Waals surface area (Å²) in [5.41, 5.74) is 3.04. The van der Waals surface area contributed by atoms with Gasteiger partial charge in [0.25, 0.3) is 5.89 Å². The lowest BCUT2D eigenvalue weighted by Gasteiger charge is -2.36. The molecule has 3 heterocycles. The molecule has 0 atom stereocenters. The number of benzene rings is 2. The lowest BCUT2D eigenvalue weighted by Crippen LogP contribution is -2.48. The third kappa shape index (κ3) is 4.21. The number of hydrogen-bond donors (Lipinski definition) is 2. The number of aromatic nitrogens is 2. The highest BCUT2D eigenvalue weighted by atomic mass is 16.5. The van der Waals surface area contributed by atoms with Crippen LogP contribution in [0.4, 0.5) is 0 Å². The van der Waals surface area contributed by atoms with Gasteiger partial charge in [0.1, 0.15) is 0 Å². The predicted molar refractivity (Wildman–Crippen MR) is 125 cm³/mol. The predicted octanol–water partition coefficient (Wildman–Crippen LogP) is 3.92. The number of carbonyl (C=O) groups is 2. The van der Waals surface area contributed by atoms with Crippen molar-refractivity contribution in [1.29, 1.82) is 0 Å². The number of ether oxygens (including phenoxy) is 1. The fourth-order valence-corrected chi connectivity index (χ4v) is 4.86. The number of piperidine rings is 1. The molecule has 2 aromatic carbocycles. The van der Waals surface area contributed by atoms with Crippen LogP contribution in [0.15, 0.2) is 47.0 Å². The first-order chi connectivity index (χ1) is 16.7. The van der Waals surface area contributed by atoms with E-state index in [1.54, 1.807) is 0 Å². The van der Waals surface area contributed by atoms with E-state index in [9.17, 15) is 19.8 Å². The Morgan fingerprint density at radius 2 is 1.66 bits per heavy atom. The number of fused-ring (bicyclic) bond motifs is 1. The van der Waals surface area contributed by atoms with Crippen molar-refractivity contribution in [2.45, 2.75) is 45.4 Å². The first-order valence-corrected chi connectivity index (χ1v) is 11.6. The number of hydrogen-bond acceptors (Lipinski definition) is 7. The van der Waals surface area contributed by atoms with Gasteiger partial charge in [-0.3, -0.25) is 14.5 Å². The molecule has 2 aliphatic rings. The van der Waals surface area contributed by atoms with Gasteiger partial charge >= 0.3 is 11.9 Å². The number of rotatable bonds is 6. The number of likely N-dealkylation sites (tertiary alicyclic amines) is 1. The van der Waals surface area contributed by atoms with Crippen molar-refractivity contribution in [2.75, 3.05) is 13.1 Å². The van der Waals surface area contributed by atoms with Crippen molar-refractivity contribution in [3.8, 4) is 22.8 Å². The van der Waals surface area contributed by atoms with Crippen LogP contribution in [0.1, 0.15) is 43.4 Å². The van der Waals surface area contributed by atoms with E-state index in [4.69, 9.17) is 9.26 Å². The van der Waals surface area contributed by atoms with E-state index in [1.165, 1.54) is 5.56 Å². The third-order valence-corrected chi connectivity index (χ3v) is 7.16. The minimum Gasteiger partial charge on any atom is -0.480 e. The van der Waals surface area contributed by atoms with E-state index in [0.29, 0.717) is 38.0 Å². The highest BCUT2D eigenvalue weighted by Crippen LogP contribution is 2.38. The number of carboxylic acid groups (broad SMARTS) is 2. The average Bonchev–Trinajstić information content (AvgIpc) is 3.44. The maximum absolute atomic E-state index is 11.5. The number of aliphatic carboxylic acids is 2. The van der Waals surface area contributed by atoms with Crippen molar-refractivity contribution >= 4 is 11.9 Å². The van der Waals surface area contributed by atoms with Crippen molar-refractivity contribution in [1.82, 2.24) is 15.0 Å².